The minimum absolute atomic E-state index is 0.171. The third-order valence-corrected chi connectivity index (χ3v) is 4.93. The second-order valence-corrected chi connectivity index (χ2v) is 8.05. The lowest BCUT2D eigenvalue weighted by molar-refractivity contribution is -0.271. The molecule has 5 atom stereocenters. The smallest absolute Gasteiger partial charge is 0.446 e. The summed E-state index contributed by atoms with van der Waals surface area (Å²) < 4.78 is 45.2. The van der Waals surface area contributed by atoms with E-state index in [2.05, 4.69) is 4.18 Å². The summed E-state index contributed by atoms with van der Waals surface area (Å²) in [6, 6.07) is 9.70. The fourth-order valence-corrected chi connectivity index (χ4v) is 3.34. The summed E-state index contributed by atoms with van der Waals surface area (Å²) in [7, 11) is -4.75. The van der Waals surface area contributed by atoms with Crippen molar-refractivity contribution in [3.05, 3.63) is 53.6 Å². The molecule has 1 fully saturated rings. The largest absolute Gasteiger partial charge is 0.508 e. The van der Waals surface area contributed by atoms with E-state index in [1.54, 1.807) is 18.2 Å². The second kappa shape index (κ2) is 9.74. The SMILES string of the molecule is O=C(O)[C@H]1O[C@@H](Oc2ccc(/C=C/c3cc(O)cc(OS(=O)(=O)O)c3)cc2)[C@H](O)[C@@H](O)[C@@H]1O. The van der Waals surface area contributed by atoms with E-state index in [0.717, 1.165) is 6.07 Å². The predicted octanol–water partition coefficient (Wildman–Crippen LogP) is 0.0152. The van der Waals surface area contributed by atoms with Gasteiger partial charge in [-0.3, -0.25) is 4.55 Å². The van der Waals surface area contributed by atoms with Crippen molar-refractivity contribution >= 4 is 28.5 Å². The molecule has 13 heteroatoms. The molecule has 0 unspecified atom stereocenters. The molecule has 12 nitrogen and oxygen atoms in total. The maximum Gasteiger partial charge on any atom is 0.446 e. The molecule has 3 rings (SSSR count). The van der Waals surface area contributed by atoms with Gasteiger partial charge in [-0.25, -0.2) is 4.79 Å². The van der Waals surface area contributed by atoms with Crippen LogP contribution in [-0.4, -0.2) is 75.2 Å². The Bertz CT molecular complexity index is 1130. The van der Waals surface area contributed by atoms with E-state index in [1.165, 1.54) is 30.3 Å². The average molecular weight is 484 g/mol. The molecule has 33 heavy (non-hydrogen) atoms. The minimum Gasteiger partial charge on any atom is -0.508 e. The normalized spacial score (nSPS) is 25.6. The monoisotopic (exact) mass is 484 g/mol. The fraction of sp³-hybridized carbons (Fsp3) is 0.250. The molecule has 0 saturated carbocycles. The van der Waals surface area contributed by atoms with Gasteiger partial charge in [0, 0.05) is 6.07 Å². The Balaban J connectivity index is 1.69. The lowest BCUT2D eigenvalue weighted by Crippen LogP contribution is -2.61. The molecule has 6 N–H and O–H groups in total. The number of aliphatic hydroxyl groups is 3. The highest BCUT2D eigenvalue weighted by molar-refractivity contribution is 7.81. The number of carbonyl (C=O) groups is 1. The molecule has 0 spiro atoms. The van der Waals surface area contributed by atoms with Crippen LogP contribution in [0.25, 0.3) is 12.2 Å². The topological polar surface area (TPSA) is 200 Å². The molecule has 1 aliphatic heterocycles. The Hall–Kier alpha value is -3.20. The van der Waals surface area contributed by atoms with E-state index in [9.17, 15) is 33.6 Å². The van der Waals surface area contributed by atoms with Crippen LogP contribution in [0.5, 0.6) is 17.2 Å². The summed E-state index contributed by atoms with van der Waals surface area (Å²) >= 11 is 0. The zero-order valence-electron chi connectivity index (χ0n) is 16.6. The maximum absolute atomic E-state index is 11.2. The van der Waals surface area contributed by atoms with Gasteiger partial charge in [0.05, 0.1) is 0 Å². The fourth-order valence-electron chi connectivity index (χ4n) is 3.01. The summed E-state index contributed by atoms with van der Waals surface area (Å²) in [4.78, 5) is 11.2. The van der Waals surface area contributed by atoms with Crippen molar-refractivity contribution in [2.45, 2.75) is 30.7 Å². The third-order valence-electron chi connectivity index (χ3n) is 4.53. The molecule has 0 amide bonds. The number of carboxylic acids is 1. The van der Waals surface area contributed by atoms with Crippen molar-refractivity contribution in [2.75, 3.05) is 0 Å². The van der Waals surface area contributed by atoms with Gasteiger partial charge in [0.2, 0.25) is 6.29 Å². The van der Waals surface area contributed by atoms with E-state index in [1.807, 2.05) is 0 Å². The van der Waals surface area contributed by atoms with Crippen molar-refractivity contribution in [1.82, 2.24) is 0 Å². The number of carboxylic acid groups (broad SMARTS) is 1. The van der Waals surface area contributed by atoms with Gasteiger partial charge in [0.1, 0.15) is 35.6 Å². The van der Waals surface area contributed by atoms with Crippen molar-refractivity contribution in [3.63, 3.8) is 0 Å². The molecule has 2 aromatic rings. The number of hydrogen-bond donors (Lipinski definition) is 6. The summed E-state index contributed by atoms with van der Waals surface area (Å²) in [5.74, 6) is -1.94. The zero-order chi connectivity index (χ0) is 24.3. The van der Waals surface area contributed by atoms with E-state index >= 15 is 0 Å². The Morgan fingerprint density at radius 2 is 1.55 bits per heavy atom. The van der Waals surface area contributed by atoms with Crippen molar-refractivity contribution < 1.29 is 57.0 Å². The number of phenols is 1. The molecule has 0 aromatic heterocycles. The van der Waals surface area contributed by atoms with Gasteiger partial charge in [-0.1, -0.05) is 24.3 Å². The molecule has 1 heterocycles. The van der Waals surface area contributed by atoms with E-state index in [4.69, 9.17) is 19.1 Å². The highest BCUT2D eigenvalue weighted by Gasteiger charge is 2.48. The predicted molar refractivity (Wildman–Crippen MR) is 111 cm³/mol. The van der Waals surface area contributed by atoms with Crippen molar-refractivity contribution in [3.8, 4) is 17.2 Å². The lowest BCUT2D eigenvalue weighted by Gasteiger charge is -2.38. The number of aliphatic hydroxyl groups excluding tert-OH is 3. The van der Waals surface area contributed by atoms with Crippen LogP contribution in [0.4, 0.5) is 0 Å². The van der Waals surface area contributed by atoms with Crippen LogP contribution in [0.1, 0.15) is 11.1 Å². The van der Waals surface area contributed by atoms with Crippen LogP contribution in [0, 0.1) is 0 Å². The van der Waals surface area contributed by atoms with E-state index < -0.39 is 47.1 Å². The van der Waals surface area contributed by atoms with Crippen LogP contribution in [0.15, 0.2) is 42.5 Å². The maximum atomic E-state index is 11.2. The lowest BCUT2D eigenvalue weighted by atomic mass is 9.99. The van der Waals surface area contributed by atoms with Gasteiger partial charge in [0.15, 0.2) is 6.10 Å². The summed E-state index contributed by atoms with van der Waals surface area (Å²) in [5, 5.41) is 48.3. The molecule has 0 radical (unpaired) electrons. The molecule has 178 valence electrons. The minimum atomic E-state index is -4.75. The number of phenolic OH excluding ortho intramolecular Hbond substituents is 1. The first-order valence-electron chi connectivity index (χ1n) is 9.31. The molecule has 2 aromatic carbocycles. The Morgan fingerprint density at radius 1 is 0.909 bits per heavy atom. The quantitative estimate of drug-likeness (QED) is 0.228. The Labute approximate surface area is 187 Å². The summed E-state index contributed by atoms with van der Waals surface area (Å²) in [5.41, 5.74) is 0.992. The molecule has 0 aliphatic carbocycles. The number of benzene rings is 2. The Kier molecular flexibility index (Phi) is 7.22. The number of aliphatic carboxylic acids is 1. The van der Waals surface area contributed by atoms with E-state index in [-0.39, 0.29) is 17.2 Å². The number of ether oxygens (including phenoxy) is 2. The first-order chi connectivity index (χ1) is 15.4. The van der Waals surface area contributed by atoms with Crippen LogP contribution < -0.4 is 8.92 Å². The van der Waals surface area contributed by atoms with Gasteiger partial charge in [-0.15, -0.1) is 0 Å². The average Bonchev–Trinajstić information content (AvgIpc) is 2.71. The van der Waals surface area contributed by atoms with Crippen LogP contribution in [-0.2, 0) is 19.9 Å². The van der Waals surface area contributed by atoms with Crippen LogP contribution >= 0.6 is 0 Å². The number of hydrogen-bond acceptors (Lipinski definition) is 10. The second-order valence-electron chi connectivity index (χ2n) is 7.03. The highest BCUT2D eigenvalue weighted by Crippen LogP contribution is 2.26. The molecular formula is C20H20O12S. The standard InChI is InChI=1S/C20H20O12S/c21-12-7-11(8-14(9-12)32-33(27,28)29)2-1-10-3-5-13(6-4-10)30-20-17(24)15(22)16(23)18(31-20)19(25)26/h1-9,15-18,20-24H,(H,25,26)(H,27,28,29)/b2-1+/t15-,16-,17+,18-,20+/m0/s1. The molecule has 0 bridgehead atoms. The third kappa shape index (κ3) is 6.41. The summed E-state index contributed by atoms with van der Waals surface area (Å²) in [6.45, 7) is 0. The van der Waals surface area contributed by atoms with Gasteiger partial charge in [0.25, 0.3) is 0 Å². The Morgan fingerprint density at radius 3 is 2.15 bits per heavy atom. The van der Waals surface area contributed by atoms with Gasteiger partial charge < -0.3 is 39.2 Å². The molecule has 1 saturated heterocycles. The van der Waals surface area contributed by atoms with Crippen molar-refractivity contribution in [2.24, 2.45) is 0 Å². The number of rotatable bonds is 7. The van der Waals surface area contributed by atoms with Gasteiger partial charge >= 0.3 is 16.4 Å². The van der Waals surface area contributed by atoms with Gasteiger partial charge in [-0.05, 0) is 35.4 Å². The number of aromatic hydroxyl groups is 1. The van der Waals surface area contributed by atoms with Gasteiger partial charge in [-0.2, -0.15) is 8.42 Å². The first kappa shape index (κ1) is 24.4. The van der Waals surface area contributed by atoms with Crippen molar-refractivity contribution in [1.29, 1.82) is 0 Å². The molecule has 1 aliphatic rings. The summed E-state index contributed by atoms with van der Waals surface area (Å²) in [6.07, 6.45) is -5.51. The van der Waals surface area contributed by atoms with Crippen LogP contribution in [0.2, 0.25) is 0 Å². The van der Waals surface area contributed by atoms with E-state index in [0.29, 0.717) is 11.1 Å². The van der Waals surface area contributed by atoms with Crippen LogP contribution in [0.3, 0.4) is 0 Å². The zero-order valence-corrected chi connectivity index (χ0v) is 17.4. The molecular weight excluding hydrogens is 464 g/mol. The highest BCUT2D eigenvalue weighted by atomic mass is 32.3. The first-order valence-corrected chi connectivity index (χ1v) is 10.7.